The molecule has 1 aliphatic heterocycles. The summed E-state index contributed by atoms with van der Waals surface area (Å²) < 4.78 is 5.59. The van der Waals surface area contributed by atoms with Crippen LogP contribution in [0.1, 0.15) is 26.2 Å². The van der Waals surface area contributed by atoms with Gasteiger partial charge in [0.05, 0.1) is 0 Å². The number of hydrogen-bond donors (Lipinski definition) is 3. The van der Waals surface area contributed by atoms with E-state index >= 15 is 0 Å². The highest BCUT2D eigenvalue weighted by Crippen LogP contribution is 2.22. The summed E-state index contributed by atoms with van der Waals surface area (Å²) in [6.07, 6.45) is 3.27. The second-order valence-corrected chi connectivity index (χ2v) is 6.45. The van der Waals surface area contributed by atoms with Crippen LogP contribution in [-0.4, -0.2) is 30.5 Å². The summed E-state index contributed by atoms with van der Waals surface area (Å²) in [4.78, 5) is 14.5. The van der Waals surface area contributed by atoms with Gasteiger partial charge in [-0.2, -0.15) is 0 Å². The molecule has 1 fully saturated rings. The highest BCUT2D eigenvalue weighted by atomic mass is 16.5. The molecule has 0 bridgehead atoms. The third kappa shape index (κ3) is 5.05. The van der Waals surface area contributed by atoms with Gasteiger partial charge < -0.3 is 25.4 Å². The lowest BCUT2D eigenvalue weighted by molar-refractivity contribution is 0.183. The molecule has 0 radical (unpaired) electrons. The molecule has 1 unspecified atom stereocenters. The second kappa shape index (κ2) is 8.47. The Morgan fingerprint density at radius 1 is 1.04 bits per heavy atom. The van der Waals surface area contributed by atoms with Gasteiger partial charge in [0.15, 0.2) is 6.23 Å². The molecule has 26 heavy (non-hydrogen) atoms. The summed E-state index contributed by atoms with van der Waals surface area (Å²) in [6.45, 7) is 3.94. The fourth-order valence-electron chi connectivity index (χ4n) is 3.02. The van der Waals surface area contributed by atoms with E-state index in [2.05, 4.69) is 15.5 Å². The van der Waals surface area contributed by atoms with Gasteiger partial charge in [0.25, 0.3) is 0 Å². The van der Waals surface area contributed by atoms with Crippen LogP contribution in [0.3, 0.4) is 0 Å². The van der Waals surface area contributed by atoms with Gasteiger partial charge in [0, 0.05) is 24.5 Å². The summed E-state index contributed by atoms with van der Waals surface area (Å²) in [5.41, 5.74) is 1.93. The second-order valence-electron chi connectivity index (χ2n) is 6.45. The zero-order chi connectivity index (χ0) is 18.4. The van der Waals surface area contributed by atoms with Crippen LogP contribution in [0.5, 0.6) is 11.5 Å². The fourth-order valence-corrected chi connectivity index (χ4v) is 3.02. The molecule has 3 N–H and O–H groups in total. The minimum Gasteiger partial charge on any atom is -0.508 e. The number of aromatic hydroxyl groups is 1. The lowest BCUT2D eigenvalue weighted by atomic mass is 10.1. The molecule has 0 spiro atoms. The molecule has 1 aliphatic rings. The van der Waals surface area contributed by atoms with Crippen LogP contribution in [0.25, 0.3) is 0 Å². The van der Waals surface area contributed by atoms with Crippen molar-refractivity contribution in [1.29, 1.82) is 0 Å². The van der Waals surface area contributed by atoms with Crippen LogP contribution in [0, 0.1) is 0 Å². The fraction of sp³-hybridized carbons (Fsp3) is 0.350. The zero-order valence-corrected chi connectivity index (χ0v) is 14.9. The van der Waals surface area contributed by atoms with Gasteiger partial charge in [0.1, 0.15) is 11.5 Å². The normalized spacial score (nSPS) is 15.2. The number of ether oxygens (including phenoxy) is 1. The number of phenolic OH excluding ortho intramolecular Hbond substituents is 1. The number of amides is 2. The Hall–Kier alpha value is -2.89. The van der Waals surface area contributed by atoms with Crippen molar-refractivity contribution in [2.24, 2.45) is 0 Å². The van der Waals surface area contributed by atoms with E-state index in [1.807, 2.05) is 24.3 Å². The largest absolute Gasteiger partial charge is 0.508 e. The minimum absolute atomic E-state index is 0.170. The SMILES string of the molecule is CC(NC(=O)Nc1ccc(N2CCCCC2)cc1)Oc1ccc(O)cc1. The quantitative estimate of drug-likeness (QED) is 0.711. The molecule has 1 saturated heterocycles. The van der Waals surface area contributed by atoms with Gasteiger partial charge in [0.2, 0.25) is 0 Å². The van der Waals surface area contributed by atoms with Crippen molar-refractivity contribution >= 4 is 17.4 Å². The first-order valence-electron chi connectivity index (χ1n) is 8.98. The predicted octanol–water partition coefficient (Wildman–Crippen LogP) is 3.93. The maximum Gasteiger partial charge on any atom is 0.322 e. The topological polar surface area (TPSA) is 73.8 Å². The smallest absolute Gasteiger partial charge is 0.322 e. The van der Waals surface area contributed by atoms with E-state index in [1.54, 1.807) is 19.1 Å². The first kappa shape index (κ1) is 17.9. The first-order chi connectivity index (χ1) is 12.6. The number of carbonyl (C=O) groups excluding carboxylic acids is 1. The number of hydrogen-bond acceptors (Lipinski definition) is 4. The van der Waals surface area contributed by atoms with E-state index in [9.17, 15) is 9.90 Å². The Morgan fingerprint density at radius 3 is 2.35 bits per heavy atom. The Balaban J connectivity index is 1.48. The maximum absolute atomic E-state index is 12.1. The van der Waals surface area contributed by atoms with Crippen molar-refractivity contribution in [3.63, 3.8) is 0 Å². The van der Waals surface area contributed by atoms with Crippen molar-refractivity contribution < 1.29 is 14.6 Å². The zero-order valence-electron chi connectivity index (χ0n) is 14.9. The van der Waals surface area contributed by atoms with Crippen molar-refractivity contribution in [3.8, 4) is 11.5 Å². The number of piperidine rings is 1. The minimum atomic E-state index is -0.507. The molecule has 0 saturated carbocycles. The number of anilines is 2. The summed E-state index contributed by atoms with van der Waals surface area (Å²) in [5, 5.41) is 14.8. The van der Waals surface area contributed by atoms with Crippen molar-refractivity contribution in [1.82, 2.24) is 5.32 Å². The molecular formula is C20H25N3O3. The Morgan fingerprint density at radius 2 is 1.69 bits per heavy atom. The van der Waals surface area contributed by atoms with Gasteiger partial charge in [-0.15, -0.1) is 0 Å². The lowest BCUT2D eigenvalue weighted by Gasteiger charge is -2.28. The van der Waals surface area contributed by atoms with Crippen molar-refractivity contribution in [2.75, 3.05) is 23.3 Å². The molecule has 1 atom stereocenters. The van der Waals surface area contributed by atoms with Crippen molar-refractivity contribution in [2.45, 2.75) is 32.4 Å². The number of rotatable bonds is 5. The Labute approximate surface area is 153 Å². The lowest BCUT2D eigenvalue weighted by Crippen LogP contribution is -2.39. The van der Waals surface area contributed by atoms with Gasteiger partial charge >= 0.3 is 6.03 Å². The Bertz CT molecular complexity index is 710. The maximum atomic E-state index is 12.1. The number of nitrogens with one attached hydrogen (secondary N) is 2. The van der Waals surface area contributed by atoms with Gasteiger partial charge in [-0.05, 0) is 74.7 Å². The van der Waals surface area contributed by atoms with E-state index in [0.717, 1.165) is 18.8 Å². The molecule has 2 aromatic rings. The van der Waals surface area contributed by atoms with E-state index in [4.69, 9.17) is 4.74 Å². The third-order valence-electron chi connectivity index (χ3n) is 4.33. The summed E-state index contributed by atoms with van der Waals surface area (Å²) in [5.74, 6) is 0.741. The number of urea groups is 1. The third-order valence-corrected chi connectivity index (χ3v) is 4.33. The molecule has 2 aromatic carbocycles. The molecule has 6 heteroatoms. The van der Waals surface area contributed by atoms with Crippen molar-refractivity contribution in [3.05, 3.63) is 48.5 Å². The molecule has 0 aromatic heterocycles. The van der Waals surface area contributed by atoms with Gasteiger partial charge in [-0.25, -0.2) is 4.79 Å². The number of phenols is 1. The Kier molecular flexibility index (Phi) is 5.84. The monoisotopic (exact) mass is 355 g/mol. The number of nitrogens with zero attached hydrogens (tertiary/aromatic N) is 1. The summed E-state index contributed by atoms with van der Waals surface area (Å²) in [7, 11) is 0. The number of benzene rings is 2. The van der Waals surface area contributed by atoms with Gasteiger partial charge in [-0.3, -0.25) is 0 Å². The molecular weight excluding hydrogens is 330 g/mol. The highest BCUT2D eigenvalue weighted by Gasteiger charge is 2.12. The van der Waals surface area contributed by atoms with E-state index in [0.29, 0.717) is 5.75 Å². The van der Waals surface area contributed by atoms with Gasteiger partial charge in [-0.1, -0.05) is 0 Å². The molecule has 1 heterocycles. The molecule has 3 rings (SSSR count). The molecule has 2 amide bonds. The first-order valence-corrected chi connectivity index (χ1v) is 8.98. The molecule has 6 nitrogen and oxygen atoms in total. The van der Waals surface area contributed by atoms with E-state index in [-0.39, 0.29) is 11.8 Å². The average molecular weight is 355 g/mol. The van der Waals surface area contributed by atoms with Crippen LogP contribution in [0.15, 0.2) is 48.5 Å². The number of carbonyl (C=O) groups is 1. The molecule has 138 valence electrons. The molecule has 0 aliphatic carbocycles. The highest BCUT2D eigenvalue weighted by molar-refractivity contribution is 5.89. The van der Waals surface area contributed by atoms with E-state index < -0.39 is 6.23 Å². The van der Waals surface area contributed by atoms with Crippen LogP contribution in [0.4, 0.5) is 16.2 Å². The average Bonchev–Trinajstić information content (AvgIpc) is 2.65. The predicted molar refractivity (Wildman–Crippen MR) is 103 cm³/mol. The summed E-state index contributed by atoms with van der Waals surface area (Å²) in [6, 6.07) is 13.9. The van der Waals surface area contributed by atoms with Crippen LogP contribution >= 0.6 is 0 Å². The van der Waals surface area contributed by atoms with Crippen LogP contribution < -0.4 is 20.3 Å². The van der Waals surface area contributed by atoms with Crippen LogP contribution in [-0.2, 0) is 0 Å². The summed E-state index contributed by atoms with van der Waals surface area (Å²) >= 11 is 0. The van der Waals surface area contributed by atoms with Crippen LogP contribution in [0.2, 0.25) is 0 Å². The standard InChI is InChI=1S/C20H25N3O3/c1-15(26-19-11-9-18(24)10-12-19)21-20(25)22-16-5-7-17(8-6-16)23-13-3-2-4-14-23/h5-12,15,24H,2-4,13-14H2,1H3,(H2,21,22,25). The van der Waals surface area contributed by atoms with E-state index in [1.165, 1.54) is 37.1 Å².